The van der Waals surface area contributed by atoms with Crippen molar-refractivity contribution in [3.05, 3.63) is 30.2 Å². The van der Waals surface area contributed by atoms with Gasteiger partial charge >= 0.3 is 0 Å². The summed E-state index contributed by atoms with van der Waals surface area (Å²) in [4.78, 5) is 14.9. The third-order valence-corrected chi connectivity index (χ3v) is 2.03. The number of nitrogens with one attached hydrogen (secondary N) is 1. The second-order valence-corrected chi connectivity index (χ2v) is 3.27. The van der Waals surface area contributed by atoms with Gasteiger partial charge in [0.25, 0.3) is 0 Å². The number of amides is 1. The lowest BCUT2D eigenvalue weighted by atomic mass is 10.4. The number of imidazole rings is 1. The van der Waals surface area contributed by atoms with Crippen LogP contribution in [0.2, 0.25) is 0 Å². The van der Waals surface area contributed by atoms with Crippen molar-refractivity contribution in [1.29, 1.82) is 0 Å². The third-order valence-electron chi connectivity index (χ3n) is 2.03. The van der Waals surface area contributed by atoms with E-state index in [0.717, 1.165) is 0 Å². The minimum absolute atomic E-state index is 0.101. The van der Waals surface area contributed by atoms with E-state index in [2.05, 4.69) is 10.3 Å². The molecule has 2 rings (SSSR count). The molecule has 15 heavy (non-hydrogen) atoms. The van der Waals surface area contributed by atoms with Gasteiger partial charge in [-0.2, -0.15) is 0 Å². The van der Waals surface area contributed by atoms with Crippen LogP contribution in [0.5, 0.6) is 5.75 Å². The number of hydrogen-bond donors (Lipinski definition) is 2. The third kappa shape index (κ3) is 1.90. The van der Waals surface area contributed by atoms with E-state index in [4.69, 9.17) is 0 Å². The Morgan fingerprint density at radius 1 is 1.67 bits per heavy atom. The Hall–Kier alpha value is -2.04. The van der Waals surface area contributed by atoms with Crippen LogP contribution in [-0.4, -0.2) is 20.4 Å². The lowest BCUT2D eigenvalue weighted by Gasteiger charge is -1.95. The van der Waals surface area contributed by atoms with Crippen LogP contribution < -0.4 is 5.32 Å². The number of aromatic nitrogens is 2. The number of fused-ring (bicyclic) bond motifs is 1. The second-order valence-electron chi connectivity index (χ2n) is 3.27. The van der Waals surface area contributed by atoms with Gasteiger partial charge in [-0.25, -0.2) is 4.98 Å². The molecule has 5 nitrogen and oxygen atoms in total. The summed E-state index contributed by atoms with van der Waals surface area (Å²) in [7, 11) is 0. The van der Waals surface area contributed by atoms with Gasteiger partial charge in [-0.15, -0.1) is 0 Å². The maximum absolute atomic E-state index is 10.7. The van der Waals surface area contributed by atoms with Crippen molar-refractivity contribution >= 4 is 11.6 Å². The lowest BCUT2D eigenvalue weighted by Crippen LogP contribution is -2.18. The normalized spacial score (nSPS) is 10.5. The van der Waals surface area contributed by atoms with Crippen LogP contribution >= 0.6 is 0 Å². The molecule has 5 heteroatoms. The second kappa shape index (κ2) is 3.61. The summed E-state index contributed by atoms with van der Waals surface area (Å²) in [5.41, 5.74) is 1.21. The first-order chi connectivity index (χ1) is 7.16. The zero-order chi connectivity index (χ0) is 10.8. The Labute approximate surface area is 86.4 Å². The number of rotatable bonds is 2. The summed E-state index contributed by atoms with van der Waals surface area (Å²) in [6.45, 7) is 1.82. The Morgan fingerprint density at radius 2 is 2.47 bits per heavy atom. The molecule has 0 radical (unpaired) electrons. The first-order valence-electron chi connectivity index (χ1n) is 4.57. The van der Waals surface area contributed by atoms with Crippen LogP contribution in [0.3, 0.4) is 0 Å². The molecular formula is C10H11N3O2. The molecule has 2 aromatic rings. The number of nitrogens with zero attached hydrogens (tertiary/aromatic N) is 2. The molecule has 0 atom stereocenters. The molecule has 0 aliphatic rings. The fraction of sp³-hybridized carbons (Fsp3) is 0.200. The molecule has 2 N–H and O–H groups in total. The summed E-state index contributed by atoms with van der Waals surface area (Å²) in [5, 5.41) is 12.1. The minimum Gasteiger partial charge on any atom is -0.504 e. The van der Waals surface area contributed by atoms with Gasteiger partial charge in [0.1, 0.15) is 0 Å². The molecule has 2 heterocycles. The van der Waals surface area contributed by atoms with Crippen molar-refractivity contribution in [1.82, 2.24) is 14.7 Å². The Morgan fingerprint density at radius 3 is 3.13 bits per heavy atom. The van der Waals surface area contributed by atoms with E-state index in [0.29, 0.717) is 17.9 Å². The quantitative estimate of drug-likeness (QED) is 0.757. The van der Waals surface area contributed by atoms with Crippen LogP contribution in [-0.2, 0) is 11.3 Å². The van der Waals surface area contributed by atoms with Crippen LogP contribution in [0, 0.1) is 0 Å². The number of aromatic hydroxyl groups is 1. The number of carbonyl (C=O) groups is 1. The number of hydrogen-bond acceptors (Lipinski definition) is 3. The van der Waals surface area contributed by atoms with E-state index in [1.54, 1.807) is 28.9 Å². The first kappa shape index (κ1) is 9.51. The average Bonchev–Trinajstić information content (AvgIpc) is 2.59. The highest BCUT2D eigenvalue weighted by Gasteiger charge is 2.04. The van der Waals surface area contributed by atoms with E-state index in [1.165, 1.54) is 6.92 Å². The van der Waals surface area contributed by atoms with Crippen molar-refractivity contribution in [2.75, 3.05) is 0 Å². The van der Waals surface area contributed by atoms with Crippen LogP contribution in [0.25, 0.3) is 5.65 Å². The van der Waals surface area contributed by atoms with Crippen molar-refractivity contribution < 1.29 is 9.90 Å². The van der Waals surface area contributed by atoms with Gasteiger partial charge in [0.15, 0.2) is 11.4 Å². The minimum atomic E-state index is -0.101. The highest BCUT2D eigenvalue weighted by molar-refractivity contribution is 5.72. The zero-order valence-corrected chi connectivity index (χ0v) is 8.27. The molecule has 0 aliphatic heterocycles. The molecule has 78 valence electrons. The average molecular weight is 205 g/mol. The van der Waals surface area contributed by atoms with Crippen LogP contribution in [0.15, 0.2) is 24.5 Å². The monoisotopic (exact) mass is 205 g/mol. The summed E-state index contributed by atoms with van der Waals surface area (Å²) in [6, 6.07) is 3.30. The molecular weight excluding hydrogens is 194 g/mol. The molecule has 0 unspecified atom stereocenters. The maximum atomic E-state index is 10.7. The fourth-order valence-electron chi connectivity index (χ4n) is 1.35. The Kier molecular flexibility index (Phi) is 2.29. The van der Waals surface area contributed by atoms with Crippen molar-refractivity contribution in [3.63, 3.8) is 0 Å². The molecule has 0 aliphatic carbocycles. The molecule has 0 bridgehead atoms. The van der Waals surface area contributed by atoms with Crippen LogP contribution in [0.1, 0.15) is 12.6 Å². The summed E-state index contributed by atoms with van der Waals surface area (Å²) in [5.74, 6) is 0.0304. The summed E-state index contributed by atoms with van der Waals surface area (Å²) in [6.07, 6.45) is 3.56. The lowest BCUT2D eigenvalue weighted by molar-refractivity contribution is -0.119. The van der Waals surface area contributed by atoms with Gasteiger partial charge in [0, 0.05) is 19.3 Å². The van der Waals surface area contributed by atoms with Gasteiger partial charge in [0.05, 0.1) is 12.2 Å². The fourth-order valence-corrected chi connectivity index (χ4v) is 1.35. The van der Waals surface area contributed by atoms with Gasteiger partial charge in [0.2, 0.25) is 5.91 Å². The first-order valence-corrected chi connectivity index (χ1v) is 4.57. The summed E-state index contributed by atoms with van der Waals surface area (Å²) < 4.78 is 1.71. The molecule has 0 spiro atoms. The van der Waals surface area contributed by atoms with Crippen molar-refractivity contribution in [2.45, 2.75) is 13.5 Å². The predicted octanol–water partition coefficient (Wildman–Crippen LogP) is 0.676. The Bertz CT molecular complexity index is 504. The van der Waals surface area contributed by atoms with Crippen LogP contribution in [0.4, 0.5) is 0 Å². The molecule has 1 amide bonds. The zero-order valence-electron chi connectivity index (χ0n) is 8.27. The molecule has 0 fully saturated rings. The van der Waals surface area contributed by atoms with Crippen molar-refractivity contribution in [3.8, 4) is 5.75 Å². The molecule has 0 saturated heterocycles. The highest BCUT2D eigenvalue weighted by atomic mass is 16.3. The van der Waals surface area contributed by atoms with Gasteiger partial charge in [-0.1, -0.05) is 0 Å². The van der Waals surface area contributed by atoms with Gasteiger partial charge < -0.3 is 14.8 Å². The largest absolute Gasteiger partial charge is 0.504 e. The summed E-state index contributed by atoms with van der Waals surface area (Å²) >= 11 is 0. The van der Waals surface area contributed by atoms with Crippen molar-refractivity contribution in [2.24, 2.45) is 0 Å². The number of pyridine rings is 1. The van der Waals surface area contributed by atoms with E-state index >= 15 is 0 Å². The standard InChI is InChI=1S/C10H11N3O2/c1-7(14)11-5-8-6-13-4-2-3-9(15)10(13)12-8/h2-4,6,15H,5H2,1H3,(H,11,14). The smallest absolute Gasteiger partial charge is 0.217 e. The van der Waals surface area contributed by atoms with E-state index < -0.39 is 0 Å². The SMILES string of the molecule is CC(=O)NCc1cn2cccc(O)c2n1. The topological polar surface area (TPSA) is 66.6 Å². The van der Waals surface area contributed by atoms with E-state index in [1.807, 2.05) is 0 Å². The highest BCUT2D eigenvalue weighted by Crippen LogP contribution is 2.16. The maximum Gasteiger partial charge on any atom is 0.217 e. The molecule has 0 aromatic carbocycles. The van der Waals surface area contributed by atoms with Gasteiger partial charge in [-0.05, 0) is 12.1 Å². The predicted molar refractivity (Wildman–Crippen MR) is 54.4 cm³/mol. The van der Waals surface area contributed by atoms with E-state index in [-0.39, 0.29) is 11.7 Å². The Balaban J connectivity index is 2.31. The molecule has 0 saturated carbocycles. The van der Waals surface area contributed by atoms with Gasteiger partial charge in [-0.3, -0.25) is 4.79 Å². The number of carbonyl (C=O) groups excluding carboxylic acids is 1. The van der Waals surface area contributed by atoms with E-state index in [9.17, 15) is 9.90 Å². The molecule has 2 aromatic heterocycles.